The molecule has 7 heteroatoms. The molecule has 0 bridgehead atoms. The van der Waals surface area contributed by atoms with Gasteiger partial charge in [-0.2, -0.15) is 0 Å². The number of hydrogen-bond donors (Lipinski definition) is 2. The van der Waals surface area contributed by atoms with E-state index < -0.39 is 5.54 Å². The first-order valence-electron chi connectivity index (χ1n) is 9.43. The number of piperidine rings is 1. The van der Waals surface area contributed by atoms with Crippen molar-refractivity contribution in [2.24, 2.45) is 0 Å². The van der Waals surface area contributed by atoms with Crippen LogP contribution in [0.5, 0.6) is 5.75 Å². The summed E-state index contributed by atoms with van der Waals surface area (Å²) in [5.74, 6) is 0.892. The van der Waals surface area contributed by atoms with Crippen LogP contribution in [0.4, 0.5) is 4.39 Å². The third-order valence-corrected chi connectivity index (χ3v) is 5.32. The second-order valence-corrected chi connectivity index (χ2v) is 7.05. The molecule has 2 fully saturated rings. The third kappa shape index (κ3) is 3.39. The predicted octanol–water partition coefficient (Wildman–Crippen LogP) is 2.75. The summed E-state index contributed by atoms with van der Waals surface area (Å²) in [7, 11) is 0. The van der Waals surface area contributed by atoms with Crippen LogP contribution in [0.25, 0.3) is 11.3 Å². The van der Waals surface area contributed by atoms with Crippen LogP contribution in [0.2, 0.25) is 0 Å². The number of carbonyl (C=O) groups is 1. The van der Waals surface area contributed by atoms with Gasteiger partial charge in [-0.25, -0.2) is 14.4 Å². The molecule has 0 saturated carbocycles. The molecule has 6 nitrogen and oxygen atoms in total. The van der Waals surface area contributed by atoms with Crippen molar-refractivity contribution in [2.45, 2.75) is 44.2 Å². The molecular weight excluding hydrogens is 347 g/mol. The number of rotatable bonds is 4. The lowest BCUT2D eigenvalue weighted by atomic mass is 9.88. The Morgan fingerprint density at radius 1 is 1.33 bits per heavy atom. The Bertz CT molecular complexity index is 860. The lowest BCUT2D eigenvalue weighted by Gasteiger charge is -2.33. The number of ether oxygens (including phenoxy) is 1. The first-order valence-corrected chi connectivity index (χ1v) is 9.43. The highest BCUT2D eigenvalue weighted by Crippen LogP contribution is 2.36. The van der Waals surface area contributed by atoms with Crippen LogP contribution in [0.1, 0.15) is 44.5 Å². The molecule has 2 saturated heterocycles. The maximum absolute atomic E-state index is 14.4. The quantitative estimate of drug-likeness (QED) is 0.866. The number of nitrogens with one attached hydrogen (secondary N) is 2. The van der Waals surface area contributed by atoms with E-state index >= 15 is 0 Å². The minimum Gasteiger partial charge on any atom is -0.494 e. The summed E-state index contributed by atoms with van der Waals surface area (Å²) in [5.41, 5.74) is 0.366. The van der Waals surface area contributed by atoms with E-state index in [4.69, 9.17) is 4.74 Å². The highest BCUT2D eigenvalue weighted by molar-refractivity contribution is 5.87. The Kier molecular flexibility index (Phi) is 4.78. The van der Waals surface area contributed by atoms with Gasteiger partial charge in [-0.05, 0) is 56.9 Å². The van der Waals surface area contributed by atoms with Crippen LogP contribution < -0.4 is 15.4 Å². The summed E-state index contributed by atoms with van der Waals surface area (Å²) in [6.07, 6.45) is 4.95. The molecule has 2 aliphatic heterocycles. The molecule has 2 aromatic rings. The molecule has 3 heterocycles. The summed E-state index contributed by atoms with van der Waals surface area (Å²) in [6.45, 7) is 3.12. The minimum absolute atomic E-state index is 0.0582. The van der Waals surface area contributed by atoms with Gasteiger partial charge >= 0.3 is 0 Å². The number of benzene rings is 1. The molecule has 27 heavy (non-hydrogen) atoms. The van der Waals surface area contributed by atoms with Crippen molar-refractivity contribution in [3.05, 3.63) is 42.1 Å². The van der Waals surface area contributed by atoms with E-state index in [0.717, 1.165) is 32.2 Å². The van der Waals surface area contributed by atoms with Crippen LogP contribution in [-0.2, 0) is 4.79 Å². The largest absolute Gasteiger partial charge is 0.494 e. The van der Waals surface area contributed by atoms with E-state index in [2.05, 4.69) is 20.6 Å². The molecule has 142 valence electrons. The number of nitrogens with zero attached hydrogens (tertiary/aromatic N) is 2. The second-order valence-electron chi connectivity index (χ2n) is 7.05. The summed E-state index contributed by atoms with van der Waals surface area (Å²) in [4.78, 5) is 21.3. The SMILES string of the molecule is CCOc1ccc(F)c(-c2ccnc([C@@H]3CC[C@@]4(CCCNC4=O)N3)n2)c1. The Morgan fingerprint density at radius 2 is 2.22 bits per heavy atom. The van der Waals surface area contributed by atoms with Crippen molar-refractivity contribution in [3.63, 3.8) is 0 Å². The smallest absolute Gasteiger partial charge is 0.240 e. The highest BCUT2D eigenvalue weighted by Gasteiger charge is 2.46. The molecule has 0 aliphatic carbocycles. The summed E-state index contributed by atoms with van der Waals surface area (Å²) >= 11 is 0. The van der Waals surface area contributed by atoms with E-state index in [1.54, 1.807) is 24.4 Å². The van der Waals surface area contributed by atoms with Gasteiger partial charge in [-0.1, -0.05) is 0 Å². The van der Waals surface area contributed by atoms with E-state index in [9.17, 15) is 9.18 Å². The number of hydrogen-bond acceptors (Lipinski definition) is 5. The average Bonchev–Trinajstić information content (AvgIpc) is 3.11. The molecule has 2 N–H and O–H groups in total. The fraction of sp³-hybridized carbons (Fsp3) is 0.450. The Balaban J connectivity index is 1.60. The van der Waals surface area contributed by atoms with Crippen molar-refractivity contribution in [2.75, 3.05) is 13.2 Å². The summed E-state index contributed by atoms with van der Waals surface area (Å²) < 4.78 is 19.8. The molecule has 2 atom stereocenters. The van der Waals surface area contributed by atoms with Crippen LogP contribution in [0.3, 0.4) is 0 Å². The van der Waals surface area contributed by atoms with Crippen molar-refractivity contribution >= 4 is 5.91 Å². The maximum Gasteiger partial charge on any atom is 0.240 e. The average molecular weight is 370 g/mol. The van der Waals surface area contributed by atoms with E-state index in [-0.39, 0.29) is 17.8 Å². The van der Waals surface area contributed by atoms with Gasteiger partial charge in [-0.3, -0.25) is 10.1 Å². The minimum atomic E-state index is -0.525. The Labute approximate surface area is 157 Å². The van der Waals surface area contributed by atoms with Gasteiger partial charge in [0.2, 0.25) is 5.91 Å². The number of carbonyl (C=O) groups excluding carboxylic acids is 1. The van der Waals surface area contributed by atoms with Crippen LogP contribution in [-0.4, -0.2) is 34.6 Å². The topological polar surface area (TPSA) is 76.1 Å². The molecule has 1 aromatic carbocycles. The molecular formula is C20H23FN4O2. The van der Waals surface area contributed by atoms with Crippen molar-refractivity contribution in [1.82, 2.24) is 20.6 Å². The van der Waals surface area contributed by atoms with Crippen molar-refractivity contribution < 1.29 is 13.9 Å². The lowest BCUT2D eigenvalue weighted by molar-refractivity contribution is -0.129. The fourth-order valence-corrected chi connectivity index (χ4v) is 3.96. The lowest BCUT2D eigenvalue weighted by Crippen LogP contribution is -2.57. The molecule has 0 radical (unpaired) electrons. The zero-order valence-corrected chi connectivity index (χ0v) is 15.3. The van der Waals surface area contributed by atoms with Crippen LogP contribution in [0, 0.1) is 5.82 Å². The second kappa shape index (κ2) is 7.23. The normalized spacial score (nSPS) is 24.8. The molecule has 4 rings (SSSR count). The molecule has 1 amide bonds. The number of halogens is 1. The summed E-state index contributed by atoms with van der Waals surface area (Å²) in [5, 5.41) is 6.39. The Morgan fingerprint density at radius 3 is 3.04 bits per heavy atom. The summed E-state index contributed by atoms with van der Waals surface area (Å²) in [6, 6.07) is 6.22. The first kappa shape index (κ1) is 17.9. The molecule has 1 spiro atoms. The van der Waals surface area contributed by atoms with Crippen molar-refractivity contribution in [1.29, 1.82) is 0 Å². The maximum atomic E-state index is 14.4. The number of amides is 1. The molecule has 1 aromatic heterocycles. The highest BCUT2D eigenvalue weighted by atomic mass is 19.1. The predicted molar refractivity (Wildman–Crippen MR) is 98.7 cm³/mol. The van der Waals surface area contributed by atoms with Gasteiger partial charge in [-0.15, -0.1) is 0 Å². The number of aromatic nitrogens is 2. The fourth-order valence-electron chi connectivity index (χ4n) is 3.96. The van der Waals surface area contributed by atoms with Gasteiger partial charge in [0.05, 0.1) is 23.9 Å². The standard InChI is InChI=1S/C20H23FN4O2/c1-2-27-13-4-5-15(21)14(12-13)16-7-11-22-18(24-16)17-6-9-20(25-17)8-3-10-23-19(20)26/h4-5,7,11-12,17,25H,2-3,6,8-10H2,1H3,(H,23,26)/t17-,20+/m0/s1. The Hall–Kier alpha value is -2.54. The van der Waals surface area contributed by atoms with Gasteiger partial charge in [0.15, 0.2) is 0 Å². The van der Waals surface area contributed by atoms with Crippen LogP contribution >= 0.6 is 0 Å². The monoisotopic (exact) mass is 370 g/mol. The van der Waals surface area contributed by atoms with Crippen LogP contribution in [0.15, 0.2) is 30.5 Å². The van der Waals surface area contributed by atoms with E-state index in [1.807, 2.05) is 6.92 Å². The zero-order valence-electron chi connectivity index (χ0n) is 15.3. The van der Waals surface area contributed by atoms with Gasteiger partial charge in [0.25, 0.3) is 0 Å². The molecule has 0 unspecified atom stereocenters. The molecule has 2 aliphatic rings. The van der Waals surface area contributed by atoms with Crippen molar-refractivity contribution in [3.8, 4) is 17.0 Å². The zero-order chi connectivity index (χ0) is 18.9. The van der Waals surface area contributed by atoms with E-state index in [0.29, 0.717) is 29.4 Å². The van der Waals surface area contributed by atoms with E-state index in [1.165, 1.54) is 6.07 Å². The third-order valence-electron chi connectivity index (χ3n) is 5.32. The van der Waals surface area contributed by atoms with Gasteiger partial charge in [0.1, 0.15) is 17.4 Å². The first-order chi connectivity index (χ1) is 13.1. The van der Waals surface area contributed by atoms with Gasteiger partial charge in [0, 0.05) is 18.3 Å². The van der Waals surface area contributed by atoms with Gasteiger partial charge < -0.3 is 10.1 Å².